The Morgan fingerprint density at radius 1 is 0.812 bits per heavy atom. The van der Waals surface area contributed by atoms with E-state index in [1.165, 1.54) is 45.0 Å². The van der Waals surface area contributed by atoms with Crippen molar-refractivity contribution in [2.75, 3.05) is 20.3 Å². The third-order valence-electron chi connectivity index (χ3n) is 6.90. The number of methoxy groups -OCH3 is 1. The highest BCUT2D eigenvalue weighted by molar-refractivity contribution is 6.28. The number of carbonyl (C=O) groups excluding carboxylic acids is 8. The SMILES string of the molecule is COC(=O)[C@H](COC(=O)c1ccc2c(c1)C(=O)c1ccccc1C2=O)NC(=O)[C@H](C)NC(=O)C(C)(C)NC(=O)CNC(=O)OC(C)(C)C. The summed E-state index contributed by atoms with van der Waals surface area (Å²) in [7, 11) is 1.06. The molecule has 1 aliphatic rings. The van der Waals surface area contributed by atoms with Crippen LogP contribution in [0.15, 0.2) is 42.5 Å². The Hall–Kier alpha value is -5.60. The number of nitrogens with one attached hydrogen (secondary N) is 4. The maximum absolute atomic E-state index is 13.0. The van der Waals surface area contributed by atoms with Gasteiger partial charge in [-0.25, -0.2) is 14.4 Å². The number of ketones is 2. The fourth-order valence-corrected chi connectivity index (χ4v) is 4.44. The zero-order valence-electron chi connectivity index (χ0n) is 27.6. The molecule has 0 aliphatic heterocycles. The minimum Gasteiger partial charge on any atom is -0.467 e. The van der Waals surface area contributed by atoms with E-state index in [4.69, 9.17) is 14.2 Å². The molecule has 0 radical (unpaired) electrons. The molecule has 15 nitrogen and oxygen atoms in total. The molecule has 48 heavy (non-hydrogen) atoms. The largest absolute Gasteiger partial charge is 0.467 e. The lowest BCUT2D eigenvalue weighted by Gasteiger charge is -2.27. The summed E-state index contributed by atoms with van der Waals surface area (Å²) in [6, 6.07) is 7.48. The van der Waals surface area contributed by atoms with E-state index in [2.05, 4.69) is 21.3 Å². The summed E-state index contributed by atoms with van der Waals surface area (Å²) in [5.74, 6) is -5.02. The zero-order valence-corrected chi connectivity index (χ0v) is 27.6. The molecule has 0 unspecified atom stereocenters. The number of ether oxygens (including phenoxy) is 3. The fraction of sp³-hybridized carbons (Fsp3) is 0.394. The second-order valence-electron chi connectivity index (χ2n) is 12.4. The van der Waals surface area contributed by atoms with Crippen LogP contribution in [0.5, 0.6) is 0 Å². The Labute approximate surface area is 276 Å². The molecule has 2 aromatic carbocycles. The number of hydrogen-bond donors (Lipinski definition) is 4. The van der Waals surface area contributed by atoms with E-state index in [9.17, 15) is 38.4 Å². The van der Waals surface area contributed by atoms with Crippen LogP contribution in [0.3, 0.4) is 0 Å². The lowest BCUT2D eigenvalue weighted by molar-refractivity contribution is -0.146. The van der Waals surface area contributed by atoms with Crippen LogP contribution in [0.4, 0.5) is 4.79 Å². The summed E-state index contributed by atoms with van der Waals surface area (Å²) in [6.07, 6.45) is -0.823. The Morgan fingerprint density at radius 2 is 1.40 bits per heavy atom. The predicted molar refractivity (Wildman–Crippen MR) is 168 cm³/mol. The molecule has 15 heteroatoms. The quantitative estimate of drug-likeness (QED) is 0.169. The molecule has 0 aromatic heterocycles. The van der Waals surface area contributed by atoms with Crippen LogP contribution in [0.1, 0.15) is 83.7 Å². The zero-order chi connectivity index (χ0) is 36.0. The van der Waals surface area contributed by atoms with Crippen molar-refractivity contribution in [2.24, 2.45) is 0 Å². The van der Waals surface area contributed by atoms with Crippen LogP contribution in [-0.4, -0.2) is 90.8 Å². The van der Waals surface area contributed by atoms with E-state index in [1.807, 2.05) is 0 Å². The van der Waals surface area contributed by atoms with Gasteiger partial charge in [0.1, 0.15) is 30.3 Å². The molecular formula is C33H38N4O11. The van der Waals surface area contributed by atoms with Crippen LogP contribution in [0.2, 0.25) is 0 Å². The first kappa shape index (κ1) is 36.9. The average molecular weight is 667 g/mol. The van der Waals surface area contributed by atoms with E-state index < -0.39 is 77.9 Å². The van der Waals surface area contributed by atoms with Gasteiger partial charge in [-0.1, -0.05) is 24.3 Å². The van der Waals surface area contributed by atoms with Gasteiger partial charge in [-0.3, -0.25) is 24.0 Å². The summed E-state index contributed by atoms with van der Waals surface area (Å²) >= 11 is 0. The summed E-state index contributed by atoms with van der Waals surface area (Å²) in [6.45, 7) is 7.88. The number of esters is 2. The van der Waals surface area contributed by atoms with Gasteiger partial charge in [0.15, 0.2) is 17.6 Å². The minimum atomic E-state index is -1.53. The van der Waals surface area contributed by atoms with E-state index in [0.29, 0.717) is 0 Å². The number of amides is 4. The van der Waals surface area contributed by atoms with Crippen molar-refractivity contribution in [1.29, 1.82) is 0 Å². The summed E-state index contributed by atoms with van der Waals surface area (Å²) in [5.41, 5.74) is -1.76. The number of hydrogen-bond acceptors (Lipinski definition) is 11. The maximum Gasteiger partial charge on any atom is 0.408 e. The lowest BCUT2D eigenvalue weighted by Crippen LogP contribution is -2.60. The maximum atomic E-state index is 13.0. The second kappa shape index (κ2) is 14.9. The third kappa shape index (κ3) is 9.24. The molecule has 0 saturated heterocycles. The van der Waals surface area contributed by atoms with Crippen molar-refractivity contribution in [1.82, 2.24) is 21.3 Å². The van der Waals surface area contributed by atoms with Crippen molar-refractivity contribution in [3.05, 3.63) is 70.3 Å². The Morgan fingerprint density at radius 3 is 1.98 bits per heavy atom. The number of carbonyl (C=O) groups is 8. The molecule has 0 bridgehead atoms. The summed E-state index contributed by atoms with van der Waals surface area (Å²) in [4.78, 5) is 101. The van der Waals surface area contributed by atoms with Crippen LogP contribution < -0.4 is 21.3 Å². The predicted octanol–water partition coefficient (Wildman–Crippen LogP) is 1.20. The molecule has 4 amide bonds. The number of alkyl carbamates (subject to hydrolysis) is 1. The lowest BCUT2D eigenvalue weighted by atomic mass is 9.83. The van der Waals surface area contributed by atoms with Crippen molar-refractivity contribution >= 4 is 47.3 Å². The smallest absolute Gasteiger partial charge is 0.408 e. The van der Waals surface area contributed by atoms with Gasteiger partial charge in [-0.2, -0.15) is 0 Å². The Bertz CT molecular complexity index is 1660. The van der Waals surface area contributed by atoms with Crippen LogP contribution >= 0.6 is 0 Å². The molecule has 0 heterocycles. The molecular weight excluding hydrogens is 628 g/mol. The highest BCUT2D eigenvalue weighted by Crippen LogP contribution is 2.28. The molecule has 2 atom stereocenters. The Kier molecular flexibility index (Phi) is 11.4. The number of fused-ring (bicyclic) bond motifs is 2. The number of rotatable bonds is 11. The topological polar surface area (TPSA) is 212 Å². The molecule has 0 saturated carbocycles. The third-order valence-corrected chi connectivity index (χ3v) is 6.90. The molecule has 2 aromatic rings. The average Bonchev–Trinajstić information content (AvgIpc) is 3.02. The van der Waals surface area contributed by atoms with Gasteiger partial charge in [0, 0.05) is 22.3 Å². The monoisotopic (exact) mass is 666 g/mol. The molecule has 256 valence electrons. The van der Waals surface area contributed by atoms with E-state index in [0.717, 1.165) is 7.11 Å². The van der Waals surface area contributed by atoms with Crippen molar-refractivity contribution in [3.63, 3.8) is 0 Å². The molecule has 3 rings (SSSR count). The van der Waals surface area contributed by atoms with E-state index in [-0.39, 0.29) is 33.6 Å². The van der Waals surface area contributed by atoms with E-state index in [1.54, 1.807) is 39.0 Å². The van der Waals surface area contributed by atoms with Gasteiger partial charge in [-0.05, 0) is 59.7 Å². The fourth-order valence-electron chi connectivity index (χ4n) is 4.44. The molecule has 0 spiro atoms. The normalized spacial score (nSPS) is 13.5. The second-order valence-corrected chi connectivity index (χ2v) is 12.4. The van der Waals surface area contributed by atoms with Gasteiger partial charge in [0.2, 0.25) is 17.7 Å². The van der Waals surface area contributed by atoms with Crippen molar-refractivity contribution in [3.8, 4) is 0 Å². The van der Waals surface area contributed by atoms with Gasteiger partial charge in [0.25, 0.3) is 0 Å². The van der Waals surface area contributed by atoms with Crippen LogP contribution in [0.25, 0.3) is 0 Å². The van der Waals surface area contributed by atoms with Gasteiger partial charge < -0.3 is 35.5 Å². The molecule has 4 N–H and O–H groups in total. The molecule has 0 fully saturated rings. The van der Waals surface area contributed by atoms with E-state index >= 15 is 0 Å². The van der Waals surface area contributed by atoms with Gasteiger partial charge in [0.05, 0.1) is 12.7 Å². The summed E-state index contributed by atoms with van der Waals surface area (Å²) in [5, 5.41) is 9.48. The van der Waals surface area contributed by atoms with Crippen LogP contribution in [0, 0.1) is 0 Å². The van der Waals surface area contributed by atoms with Crippen molar-refractivity contribution < 1.29 is 52.6 Å². The first-order valence-electron chi connectivity index (χ1n) is 14.8. The molecule has 1 aliphatic carbocycles. The highest BCUT2D eigenvalue weighted by Gasteiger charge is 2.34. The van der Waals surface area contributed by atoms with Gasteiger partial charge >= 0.3 is 18.0 Å². The highest BCUT2D eigenvalue weighted by atomic mass is 16.6. The standard InChI is InChI=1S/C33H38N4O11/c1-17(35-30(44)33(5,6)37-24(38)15-34-31(45)48-32(2,3)4)27(41)36-23(29(43)46-7)16-47-28(42)18-12-13-21-22(14-18)26(40)20-11-9-8-10-19(20)25(21)39/h8-14,17,23H,15-16H2,1-7H3,(H,34,45)(H,35,44)(H,36,41)(H,37,38)/t17-,23-/m0/s1. The first-order chi connectivity index (χ1) is 22.3. The minimum absolute atomic E-state index is 0.0222. The number of benzene rings is 2. The summed E-state index contributed by atoms with van der Waals surface area (Å²) < 4.78 is 15.0. The van der Waals surface area contributed by atoms with Gasteiger partial charge in [-0.15, -0.1) is 0 Å². The van der Waals surface area contributed by atoms with Crippen molar-refractivity contribution in [2.45, 2.75) is 64.8 Å². The Balaban J connectivity index is 1.58. The first-order valence-corrected chi connectivity index (χ1v) is 14.8. The van der Waals surface area contributed by atoms with Crippen LogP contribution in [-0.2, 0) is 33.4 Å².